The summed E-state index contributed by atoms with van der Waals surface area (Å²) in [5, 5.41) is 11.1. The van der Waals surface area contributed by atoms with Gasteiger partial charge in [0.25, 0.3) is 10.1 Å². The van der Waals surface area contributed by atoms with Crippen LogP contribution in [0.15, 0.2) is 41.7 Å². The van der Waals surface area contributed by atoms with Crippen LogP contribution in [0.5, 0.6) is 5.75 Å². The molecule has 8 nitrogen and oxygen atoms in total. The number of fused-ring (bicyclic) bond motifs is 1. The second-order valence-electron chi connectivity index (χ2n) is 7.04. The third kappa shape index (κ3) is 3.67. The van der Waals surface area contributed by atoms with Crippen molar-refractivity contribution in [2.75, 3.05) is 12.4 Å². The largest absolute Gasteiger partial charge is 0.496 e. The van der Waals surface area contributed by atoms with E-state index in [1.54, 1.807) is 31.2 Å². The van der Waals surface area contributed by atoms with Gasteiger partial charge in [0.05, 0.1) is 24.4 Å². The molecule has 0 aliphatic carbocycles. The van der Waals surface area contributed by atoms with Crippen LogP contribution in [-0.2, 0) is 14.9 Å². The minimum Gasteiger partial charge on any atom is -0.496 e. The molecular formula is C21H21N3O5S. The van der Waals surface area contributed by atoms with Crippen molar-refractivity contribution in [1.29, 1.82) is 5.26 Å². The summed E-state index contributed by atoms with van der Waals surface area (Å²) in [7, 11) is -2.98. The van der Waals surface area contributed by atoms with Gasteiger partial charge in [-0.15, -0.1) is 0 Å². The number of anilines is 1. The molecule has 1 aromatic heterocycles. The van der Waals surface area contributed by atoms with Crippen LogP contribution in [0.3, 0.4) is 0 Å². The van der Waals surface area contributed by atoms with Gasteiger partial charge in [-0.1, -0.05) is 6.07 Å². The molecule has 3 rings (SSSR count). The van der Waals surface area contributed by atoms with E-state index in [0.717, 1.165) is 0 Å². The molecule has 0 fully saturated rings. The fraction of sp³-hybridized carbons (Fsp3) is 0.286. The van der Waals surface area contributed by atoms with Gasteiger partial charge in [0.2, 0.25) is 0 Å². The topological polar surface area (TPSA) is 129 Å². The Kier molecular flexibility index (Phi) is 5.65. The maximum atomic E-state index is 12.6. The van der Waals surface area contributed by atoms with Crippen LogP contribution < -0.4 is 10.1 Å². The van der Waals surface area contributed by atoms with Crippen LogP contribution in [0, 0.1) is 11.3 Å². The molecular weight excluding hydrogens is 406 g/mol. The van der Waals surface area contributed by atoms with Crippen LogP contribution in [0.4, 0.5) is 5.69 Å². The number of nitrogens with one attached hydrogen (secondary N) is 1. The first-order valence-corrected chi connectivity index (χ1v) is 10.6. The van der Waals surface area contributed by atoms with Crippen molar-refractivity contribution >= 4 is 21.6 Å². The number of nitriles is 1. The fourth-order valence-corrected chi connectivity index (χ4v) is 4.26. The summed E-state index contributed by atoms with van der Waals surface area (Å²) in [4.78, 5) is 16.9. The molecule has 30 heavy (non-hydrogen) atoms. The maximum absolute atomic E-state index is 12.6. The summed E-state index contributed by atoms with van der Waals surface area (Å²) in [6.45, 7) is 4.52. The minimum absolute atomic E-state index is 0.130. The number of methoxy groups -OCH3 is 1. The van der Waals surface area contributed by atoms with Crippen molar-refractivity contribution < 1.29 is 22.5 Å². The second kappa shape index (κ2) is 7.89. The maximum Gasteiger partial charge on any atom is 0.273 e. The Morgan fingerprint density at radius 1 is 1.37 bits per heavy atom. The van der Waals surface area contributed by atoms with Crippen molar-refractivity contribution in [2.24, 2.45) is 0 Å². The SMILES string of the molecule is COc1cc(C#N)ccc1C1C(C(C)=O)=C(C)Nc2ccnc(C(C)S(=O)(=O)O)c21. The van der Waals surface area contributed by atoms with E-state index in [2.05, 4.69) is 10.3 Å². The highest BCUT2D eigenvalue weighted by Crippen LogP contribution is 2.47. The molecule has 2 atom stereocenters. The van der Waals surface area contributed by atoms with E-state index in [9.17, 15) is 23.0 Å². The highest BCUT2D eigenvalue weighted by molar-refractivity contribution is 7.86. The number of benzene rings is 1. The number of ether oxygens (including phenoxy) is 1. The molecule has 1 aromatic carbocycles. The molecule has 9 heteroatoms. The van der Waals surface area contributed by atoms with Crippen LogP contribution in [0.2, 0.25) is 0 Å². The Morgan fingerprint density at radius 3 is 2.63 bits per heavy atom. The summed E-state index contributed by atoms with van der Waals surface area (Å²) in [5.74, 6) is -0.529. The van der Waals surface area contributed by atoms with Crippen LogP contribution >= 0.6 is 0 Å². The zero-order valence-electron chi connectivity index (χ0n) is 16.9. The summed E-state index contributed by atoms with van der Waals surface area (Å²) < 4.78 is 39.0. The Balaban J connectivity index is 2.40. The lowest BCUT2D eigenvalue weighted by atomic mass is 9.77. The lowest BCUT2D eigenvalue weighted by Gasteiger charge is -2.33. The Morgan fingerprint density at radius 2 is 2.07 bits per heavy atom. The molecule has 2 heterocycles. The number of carbonyl (C=O) groups excluding carboxylic acids is 1. The van der Waals surface area contributed by atoms with Crippen LogP contribution in [0.1, 0.15) is 54.3 Å². The molecule has 156 valence electrons. The van der Waals surface area contributed by atoms with Gasteiger partial charge in [-0.3, -0.25) is 14.3 Å². The molecule has 1 aliphatic rings. The quantitative estimate of drug-likeness (QED) is 0.695. The van der Waals surface area contributed by atoms with Crippen molar-refractivity contribution in [3.63, 3.8) is 0 Å². The van der Waals surface area contributed by atoms with Gasteiger partial charge in [-0.25, -0.2) is 0 Å². The van der Waals surface area contributed by atoms with Crippen LogP contribution in [-0.4, -0.2) is 30.8 Å². The number of carbonyl (C=O) groups is 1. The van der Waals surface area contributed by atoms with Crippen molar-refractivity contribution in [1.82, 2.24) is 4.98 Å². The highest BCUT2D eigenvalue weighted by Gasteiger charge is 2.37. The fourth-order valence-electron chi connectivity index (χ4n) is 3.79. The third-order valence-electron chi connectivity index (χ3n) is 5.21. The van der Waals surface area contributed by atoms with Gasteiger partial charge in [0.1, 0.15) is 11.0 Å². The third-order valence-corrected chi connectivity index (χ3v) is 6.33. The standard InChI is InChI=1S/C21H21N3O5S/c1-11-18(12(2)25)19(15-6-5-14(10-22)9-17(15)29-4)20-16(24-11)7-8-23-21(20)13(3)30(26,27)28/h5-9,13,19,24H,1-4H3,(H,26,27,28). The molecule has 0 saturated carbocycles. The number of ketones is 1. The van der Waals surface area contributed by atoms with E-state index in [0.29, 0.717) is 39.4 Å². The number of rotatable bonds is 5. The first-order valence-electron chi connectivity index (χ1n) is 9.12. The average molecular weight is 427 g/mol. The molecule has 0 spiro atoms. The van der Waals surface area contributed by atoms with Crippen molar-refractivity contribution in [3.8, 4) is 11.8 Å². The van der Waals surface area contributed by atoms with Gasteiger partial charge < -0.3 is 10.1 Å². The predicted octanol–water partition coefficient (Wildman–Crippen LogP) is 3.33. The summed E-state index contributed by atoms with van der Waals surface area (Å²) in [6.07, 6.45) is 1.45. The predicted molar refractivity (Wildman–Crippen MR) is 111 cm³/mol. The van der Waals surface area contributed by atoms with E-state index in [1.165, 1.54) is 27.2 Å². The molecule has 2 unspecified atom stereocenters. The number of allylic oxidation sites excluding steroid dienone is 2. The molecule has 0 saturated heterocycles. The summed E-state index contributed by atoms with van der Waals surface area (Å²) >= 11 is 0. The Labute approximate surface area is 175 Å². The summed E-state index contributed by atoms with van der Waals surface area (Å²) in [6, 6.07) is 8.58. The molecule has 2 aromatic rings. The van der Waals surface area contributed by atoms with E-state index < -0.39 is 21.3 Å². The number of hydrogen-bond donors (Lipinski definition) is 2. The van der Waals surface area contributed by atoms with Crippen molar-refractivity contribution in [2.45, 2.75) is 31.9 Å². The summed E-state index contributed by atoms with van der Waals surface area (Å²) in [5.41, 5.74) is 3.17. The number of hydrogen-bond acceptors (Lipinski definition) is 7. The van der Waals surface area contributed by atoms with Gasteiger partial charge in [-0.2, -0.15) is 13.7 Å². The molecule has 2 N–H and O–H groups in total. The van der Waals surface area contributed by atoms with Gasteiger partial charge in [0.15, 0.2) is 5.78 Å². The van der Waals surface area contributed by atoms with Gasteiger partial charge >= 0.3 is 0 Å². The highest BCUT2D eigenvalue weighted by atomic mass is 32.2. The lowest BCUT2D eigenvalue weighted by Crippen LogP contribution is -2.25. The van der Waals surface area contributed by atoms with Crippen LogP contribution in [0.25, 0.3) is 0 Å². The molecule has 0 bridgehead atoms. The Hall–Kier alpha value is -3.22. The first-order chi connectivity index (χ1) is 14.1. The van der Waals surface area contributed by atoms with Gasteiger partial charge in [0, 0.05) is 40.2 Å². The second-order valence-corrected chi connectivity index (χ2v) is 8.77. The zero-order valence-corrected chi connectivity index (χ0v) is 17.7. The molecule has 0 amide bonds. The average Bonchev–Trinajstić information content (AvgIpc) is 2.70. The Bertz CT molecular complexity index is 1210. The number of nitrogens with zero attached hydrogens (tertiary/aromatic N) is 2. The monoisotopic (exact) mass is 427 g/mol. The number of aromatic nitrogens is 1. The van der Waals surface area contributed by atoms with Gasteiger partial charge in [-0.05, 0) is 39.0 Å². The minimum atomic E-state index is -4.44. The van der Waals surface area contributed by atoms with E-state index in [4.69, 9.17) is 4.74 Å². The molecule has 0 radical (unpaired) electrons. The van der Waals surface area contributed by atoms with E-state index in [1.807, 2.05) is 6.07 Å². The zero-order chi connectivity index (χ0) is 22.2. The first kappa shape index (κ1) is 21.5. The van der Waals surface area contributed by atoms with E-state index >= 15 is 0 Å². The normalized spacial score (nSPS) is 16.9. The molecule has 1 aliphatic heterocycles. The van der Waals surface area contributed by atoms with E-state index in [-0.39, 0.29) is 11.5 Å². The lowest BCUT2D eigenvalue weighted by molar-refractivity contribution is -0.113. The number of Topliss-reactive ketones (excluding diaryl/α,β-unsaturated/α-hetero) is 1. The number of pyridine rings is 1. The van der Waals surface area contributed by atoms with Crippen molar-refractivity contribution in [3.05, 3.63) is 64.1 Å². The smallest absolute Gasteiger partial charge is 0.273 e.